The molecule has 9 N–H and O–H groups in total. The molecule has 0 fully saturated rings. The molecule has 0 heterocycles. The van der Waals surface area contributed by atoms with E-state index in [0.29, 0.717) is 76.6 Å². The minimum atomic E-state index is -4.49. The molecule has 0 aliphatic heterocycles. The number of unbranched alkanes of at least 4 members (excludes halogenated alkanes) is 7. The van der Waals surface area contributed by atoms with Gasteiger partial charge in [0.25, 0.3) is 40.1 Å². The van der Waals surface area contributed by atoms with Crippen molar-refractivity contribution in [2.24, 2.45) is 0 Å². The molecule has 8 amide bonds. The summed E-state index contributed by atoms with van der Waals surface area (Å²) in [7, 11) is -17.9. The Hall–Kier alpha value is -10.7. The van der Waals surface area contributed by atoms with Crippen molar-refractivity contribution in [2.75, 3.05) is 47.7 Å². The fraction of sp³-hybridized carbons (Fsp3) is 0.338. The van der Waals surface area contributed by atoms with Crippen molar-refractivity contribution in [3.8, 4) is 23.0 Å². The molecule has 0 unspecified atom stereocenters. The fourth-order valence-electron chi connectivity index (χ4n) is 12.4. The van der Waals surface area contributed by atoms with Crippen LogP contribution in [0.4, 0.5) is 41.9 Å². The topological polar surface area (TPSA) is 375 Å². The van der Waals surface area contributed by atoms with Gasteiger partial charge in [-0.3, -0.25) is 4.79 Å². The number of fused-ring (bicyclic) bond motifs is 8. The van der Waals surface area contributed by atoms with E-state index >= 15 is 0 Å². The predicted molar refractivity (Wildman–Crippen MR) is 421 cm³/mol. The van der Waals surface area contributed by atoms with Crippen molar-refractivity contribution in [2.45, 2.75) is 171 Å². The van der Waals surface area contributed by atoms with Crippen LogP contribution >= 0.6 is 0 Å². The van der Waals surface area contributed by atoms with E-state index in [2.05, 4.69) is 40.2 Å². The summed E-state index contributed by atoms with van der Waals surface area (Å²) >= 11 is 0. The first-order valence-corrected chi connectivity index (χ1v) is 42.3. The number of ether oxygens (including phenoxy) is 4. The number of amides is 8. The standard InChI is InChI=1S/C80H94N8O18S4/c1-8-36-103-73-56-40-58-46-65(82-78(92)86-108(97,98)69-30-22-53(5)23-31-69)48-60(74(58)104-37-9-2)42-62-50-67(84-80(94)88-110(101,102)71-34-26-55(7)27-35-71)51-63(76(62)106-39-18-16-14-12-11-13-15-17-19-72(89)90)43-61-49-66(83-79(93)87-109(99,100)70-32-24-54(6)25-33-70)47-59(75(61)105-38-10-3)41-57(73)45-64(44-56)81-77(91)85-107(95,96)68-28-20-52(4)21-29-68/h20-35,44-51H,8-19,36-43H2,1-7H3,(H,89,90)(H2,81,85,91)(H2,82,86,92)(H2,83,87,93)(H2,84,88,94). The number of carbonyl (C=O) groups excluding carboxylic acids is 4. The van der Waals surface area contributed by atoms with Crippen LogP contribution in [0.5, 0.6) is 23.0 Å². The van der Waals surface area contributed by atoms with Gasteiger partial charge in [0.15, 0.2) is 0 Å². The quantitative estimate of drug-likeness (QED) is 0.0173. The Morgan fingerprint density at radius 1 is 0.309 bits per heavy atom. The summed E-state index contributed by atoms with van der Waals surface area (Å²) in [6.45, 7) is 13.2. The lowest BCUT2D eigenvalue weighted by Gasteiger charge is -2.25. The van der Waals surface area contributed by atoms with Gasteiger partial charge >= 0.3 is 30.1 Å². The van der Waals surface area contributed by atoms with Crippen LogP contribution in [0.2, 0.25) is 0 Å². The molecule has 30 heteroatoms. The van der Waals surface area contributed by atoms with Crippen LogP contribution in [0.1, 0.15) is 165 Å². The lowest BCUT2D eigenvalue weighted by atomic mass is 9.90. The number of aryl methyl sites for hydroxylation is 4. The molecular weight excluding hydrogens is 1490 g/mol. The van der Waals surface area contributed by atoms with Crippen molar-refractivity contribution in [1.29, 1.82) is 0 Å². The number of rotatable bonds is 33. The van der Waals surface area contributed by atoms with Gasteiger partial charge in [-0.1, -0.05) is 130 Å². The molecule has 26 nitrogen and oxygen atoms in total. The molecule has 1 aliphatic carbocycles. The van der Waals surface area contributed by atoms with E-state index in [1.807, 2.05) is 20.8 Å². The van der Waals surface area contributed by atoms with Gasteiger partial charge in [-0.2, -0.15) is 0 Å². The van der Waals surface area contributed by atoms with Crippen LogP contribution in [0.15, 0.2) is 165 Å². The number of carbonyl (C=O) groups is 5. The van der Waals surface area contributed by atoms with Crippen LogP contribution in [0.3, 0.4) is 0 Å². The third kappa shape index (κ3) is 23.7. The smallest absolute Gasteiger partial charge is 0.333 e. The second-order valence-electron chi connectivity index (χ2n) is 27.1. The third-order valence-corrected chi connectivity index (χ3v) is 23.0. The average molecular weight is 1580 g/mol. The minimum absolute atomic E-state index is 0.0456. The fourth-order valence-corrected chi connectivity index (χ4v) is 16.0. The molecule has 0 radical (unpaired) electrons. The number of hydrogen-bond donors (Lipinski definition) is 9. The van der Waals surface area contributed by atoms with Gasteiger partial charge in [-0.05, 0) is 157 Å². The normalized spacial score (nSPS) is 12.2. The molecule has 0 aromatic heterocycles. The maximum absolute atomic E-state index is 14.4. The molecule has 110 heavy (non-hydrogen) atoms. The number of carboxylic acid groups (broad SMARTS) is 1. The number of urea groups is 4. The second kappa shape index (κ2) is 38.1. The molecule has 0 spiro atoms. The van der Waals surface area contributed by atoms with Crippen LogP contribution < -0.4 is 59.1 Å². The predicted octanol–water partition coefficient (Wildman–Crippen LogP) is 15.0. The van der Waals surface area contributed by atoms with Crippen molar-refractivity contribution < 1.29 is 81.7 Å². The molecule has 1 aliphatic rings. The number of anilines is 4. The summed E-state index contributed by atoms with van der Waals surface area (Å²) in [5, 5.41) is 20.1. The van der Waals surface area contributed by atoms with Gasteiger partial charge in [0.1, 0.15) is 23.0 Å². The Morgan fingerprint density at radius 2 is 0.509 bits per heavy atom. The van der Waals surface area contributed by atoms with Crippen LogP contribution in [0, 0.1) is 27.7 Å². The highest BCUT2D eigenvalue weighted by atomic mass is 32.2. The average Bonchev–Trinajstić information content (AvgIpc) is 0.770. The number of aliphatic carboxylic acids is 1. The summed E-state index contributed by atoms with van der Waals surface area (Å²) in [5.41, 5.74) is 6.06. The van der Waals surface area contributed by atoms with Gasteiger partial charge in [0.05, 0.1) is 46.0 Å². The Bertz CT molecular complexity index is 4920. The van der Waals surface area contributed by atoms with E-state index in [1.165, 1.54) is 48.5 Å². The molecule has 8 aromatic rings. The van der Waals surface area contributed by atoms with Crippen LogP contribution in [-0.2, 0) is 70.6 Å². The zero-order valence-electron chi connectivity index (χ0n) is 62.5. The summed E-state index contributed by atoms with van der Waals surface area (Å²) in [6.07, 6.45) is 6.87. The van der Waals surface area contributed by atoms with E-state index in [-0.39, 0.29) is 124 Å². The number of carboxylic acids is 1. The lowest BCUT2D eigenvalue weighted by molar-refractivity contribution is -0.137. The molecule has 0 saturated heterocycles. The number of nitrogens with one attached hydrogen (secondary N) is 8. The Kier molecular flexibility index (Phi) is 28.9. The highest BCUT2D eigenvalue weighted by molar-refractivity contribution is 7.91. The molecular formula is C80H94N8O18S4. The maximum atomic E-state index is 14.4. The van der Waals surface area contributed by atoms with Gasteiger partial charge in [0, 0.05) is 99.4 Å². The van der Waals surface area contributed by atoms with Gasteiger partial charge in [0.2, 0.25) is 0 Å². The van der Waals surface area contributed by atoms with Crippen LogP contribution in [-0.4, -0.2) is 95.3 Å². The SMILES string of the molecule is CCCOc1c2cc(NC(=O)NS(=O)(=O)c3ccc(C)cc3)cc1Cc1cc(NC(=O)NS(=O)(=O)c3ccc(C)cc3)cc(c1OCCC)Cc1cc(NC(=O)NS(=O)(=O)c3ccc(C)cc3)cc(c1OCCCCCCCCCCC(=O)O)Cc1cc(NC(=O)NS(=O)(=O)c3ccc(C)cc3)cc(c1OCCC)C2. The van der Waals surface area contributed by atoms with E-state index in [4.69, 9.17) is 24.1 Å². The van der Waals surface area contributed by atoms with Gasteiger partial charge in [-0.15, -0.1) is 0 Å². The first kappa shape index (κ1) is 83.4. The van der Waals surface area contributed by atoms with Crippen molar-refractivity contribution >= 4 is 92.9 Å². The molecule has 0 saturated carbocycles. The molecule has 8 aromatic carbocycles. The summed E-state index contributed by atoms with van der Waals surface area (Å²) < 4.78 is 147. The summed E-state index contributed by atoms with van der Waals surface area (Å²) in [6, 6.07) is 31.6. The number of hydrogen-bond acceptors (Lipinski definition) is 17. The van der Waals surface area contributed by atoms with E-state index in [1.54, 1.807) is 125 Å². The van der Waals surface area contributed by atoms with Crippen LogP contribution in [0.25, 0.3) is 0 Å². The van der Waals surface area contributed by atoms with Gasteiger partial charge < -0.3 is 45.3 Å². The monoisotopic (exact) mass is 1580 g/mol. The van der Waals surface area contributed by atoms with E-state index in [0.717, 1.165) is 60.8 Å². The lowest BCUT2D eigenvalue weighted by Crippen LogP contribution is -2.34. The Morgan fingerprint density at radius 3 is 0.718 bits per heavy atom. The number of sulfonamides is 4. The van der Waals surface area contributed by atoms with Gasteiger partial charge in [-0.25, -0.2) is 71.7 Å². The zero-order chi connectivity index (χ0) is 79.3. The molecule has 9 rings (SSSR count). The first-order chi connectivity index (χ1) is 52.4. The third-order valence-electron chi connectivity index (χ3n) is 17.6. The highest BCUT2D eigenvalue weighted by Crippen LogP contribution is 2.43. The van der Waals surface area contributed by atoms with Crippen molar-refractivity contribution in [3.05, 3.63) is 212 Å². The van der Waals surface area contributed by atoms with Crippen molar-refractivity contribution in [1.82, 2.24) is 18.9 Å². The summed E-state index contributed by atoms with van der Waals surface area (Å²) in [4.78, 5) is 67.8. The molecule has 8 bridgehead atoms. The molecule has 586 valence electrons. The summed E-state index contributed by atoms with van der Waals surface area (Å²) in [5.74, 6) is 0.206. The Labute approximate surface area is 643 Å². The zero-order valence-corrected chi connectivity index (χ0v) is 65.8. The van der Waals surface area contributed by atoms with E-state index in [9.17, 15) is 57.6 Å². The second-order valence-corrected chi connectivity index (χ2v) is 33.8. The van der Waals surface area contributed by atoms with Crippen molar-refractivity contribution in [3.63, 3.8) is 0 Å². The minimum Gasteiger partial charge on any atom is -0.493 e. The molecule has 0 atom stereocenters. The number of benzene rings is 8. The first-order valence-electron chi connectivity index (χ1n) is 36.4. The highest BCUT2D eigenvalue weighted by Gasteiger charge is 2.29. The van der Waals surface area contributed by atoms with E-state index < -0.39 is 70.2 Å². The maximum Gasteiger partial charge on any atom is 0.333 e. The largest absolute Gasteiger partial charge is 0.493 e. The Balaban J connectivity index is 1.29.